The van der Waals surface area contributed by atoms with Crippen LogP contribution in [0.5, 0.6) is 0 Å². The van der Waals surface area contributed by atoms with E-state index < -0.39 is 4.92 Å². The second-order valence-corrected chi connectivity index (χ2v) is 6.05. The predicted molar refractivity (Wildman–Crippen MR) is 93.5 cm³/mol. The molecule has 24 heavy (non-hydrogen) atoms. The van der Waals surface area contributed by atoms with Gasteiger partial charge in [0.25, 0.3) is 5.69 Å². The highest BCUT2D eigenvalue weighted by Gasteiger charge is 2.12. The molecular weight excluding hydrogens is 374 g/mol. The number of azo groups is 1. The van der Waals surface area contributed by atoms with E-state index in [1.165, 1.54) is 12.1 Å². The van der Waals surface area contributed by atoms with E-state index in [1.807, 2.05) is 25.1 Å². The van der Waals surface area contributed by atoms with Crippen molar-refractivity contribution in [2.45, 2.75) is 6.54 Å². The molecule has 0 saturated heterocycles. The van der Waals surface area contributed by atoms with E-state index in [4.69, 9.17) is 0 Å². The number of halogens is 1. The van der Waals surface area contributed by atoms with E-state index >= 15 is 0 Å². The third-order valence-corrected chi connectivity index (χ3v) is 3.92. The Hall–Kier alpha value is -2.63. The highest BCUT2D eigenvalue weighted by molar-refractivity contribution is 9.10. The van der Waals surface area contributed by atoms with Crippen LogP contribution in [0.15, 0.2) is 51.1 Å². The Morgan fingerprint density at radius 1 is 1.29 bits per heavy atom. The Bertz CT molecular complexity index is 843. The number of hydrogen-bond donors (Lipinski definition) is 0. The maximum Gasteiger partial charge on any atom is 0.271 e. The van der Waals surface area contributed by atoms with Gasteiger partial charge in [0.05, 0.1) is 20.6 Å². The summed E-state index contributed by atoms with van der Waals surface area (Å²) in [6.07, 6.45) is 0. The van der Waals surface area contributed by atoms with E-state index in [2.05, 4.69) is 32.2 Å². The molecule has 2 aromatic rings. The molecule has 2 rings (SSSR count). The molecule has 0 N–H and O–H groups in total. The number of nitrogens with zero attached hydrogens (tertiary/aromatic N) is 5. The van der Waals surface area contributed by atoms with Crippen LogP contribution in [0.4, 0.5) is 17.1 Å². The summed E-state index contributed by atoms with van der Waals surface area (Å²) < 4.78 is 0.554. The van der Waals surface area contributed by atoms with E-state index in [1.54, 1.807) is 18.2 Å². The number of rotatable bonds is 5. The van der Waals surface area contributed by atoms with Gasteiger partial charge < -0.3 is 4.90 Å². The average molecular weight is 388 g/mol. The molecule has 2 aromatic carbocycles. The first-order valence-electron chi connectivity index (χ1n) is 6.94. The lowest BCUT2D eigenvalue weighted by atomic mass is 10.1. The summed E-state index contributed by atoms with van der Waals surface area (Å²) in [5, 5.41) is 28.3. The summed E-state index contributed by atoms with van der Waals surface area (Å²) >= 11 is 3.39. The fourth-order valence-electron chi connectivity index (χ4n) is 2.06. The van der Waals surface area contributed by atoms with Crippen molar-refractivity contribution >= 4 is 33.0 Å². The summed E-state index contributed by atoms with van der Waals surface area (Å²) in [6.45, 7) is 0.629. The Morgan fingerprint density at radius 2 is 2.04 bits per heavy atom. The first-order valence-corrected chi connectivity index (χ1v) is 7.74. The summed E-state index contributed by atoms with van der Waals surface area (Å²) in [5.74, 6) is 0. The molecule has 7 nitrogen and oxygen atoms in total. The van der Waals surface area contributed by atoms with Gasteiger partial charge in [-0.1, -0.05) is 12.1 Å². The molecule has 0 radical (unpaired) electrons. The molecule has 8 heteroatoms. The van der Waals surface area contributed by atoms with Crippen molar-refractivity contribution in [3.63, 3.8) is 0 Å². The largest absolute Gasteiger partial charge is 0.305 e. The van der Waals surface area contributed by atoms with Crippen LogP contribution in [-0.4, -0.2) is 23.9 Å². The molecule has 0 unspecified atom stereocenters. The van der Waals surface area contributed by atoms with Gasteiger partial charge in [-0.05, 0) is 47.7 Å². The standard InChI is InChI=1S/C16H14BrN5O2/c1-21(2)10-11-6-7-15(16(17)14(11)9-18)20-19-12-4-3-5-13(8-12)22(23)24/h3-8H,10H2,1-2H3. The van der Waals surface area contributed by atoms with Gasteiger partial charge in [0.15, 0.2) is 0 Å². The van der Waals surface area contributed by atoms with Gasteiger partial charge in [0.1, 0.15) is 11.8 Å². The molecule has 0 atom stereocenters. The van der Waals surface area contributed by atoms with E-state index in [-0.39, 0.29) is 5.69 Å². The van der Waals surface area contributed by atoms with Gasteiger partial charge in [-0.25, -0.2) is 0 Å². The lowest BCUT2D eigenvalue weighted by molar-refractivity contribution is -0.384. The van der Waals surface area contributed by atoms with Crippen LogP contribution in [0, 0.1) is 21.4 Å². The number of nitro benzene ring substituents is 1. The van der Waals surface area contributed by atoms with E-state index in [9.17, 15) is 15.4 Å². The van der Waals surface area contributed by atoms with E-state index in [0.717, 1.165) is 5.56 Å². The molecule has 0 aliphatic carbocycles. The molecule has 0 amide bonds. The van der Waals surface area contributed by atoms with Gasteiger partial charge in [0.2, 0.25) is 0 Å². The smallest absolute Gasteiger partial charge is 0.271 e. The first-order chi connectivity index (χ1) is 11.4. The zero-order valence-electron chi connectivity index (χ0n) is 13.1. The summed E-state index contributed by atoms with van der Waals surface area (Å²) in [5.41, 5.74) is 2.18. The first kappa shape index (κ1) is 17.7. The Morgan fingerprint density at radius 3 is 2.67 bits per heavy atom. The topological polar surface area (TPSA) is 94.9 Å². The number of benzene rings is 2. The van der Waals surface area contributed by atoms with Gasteiger partial charge in [-0.15, -0.1) is 5.11 Å². The Balaban J connectivity index is 2.35. The van der Waals surface area contributed by atoms with Crippen molar-refractivity contribution in [3.05, 3.63) is 62.1 Å². The predicted octanol–water partition coefficient (Wildman–Crippen LogP) is 4.71. The summed E-state index contributed by atoms with van der Waals surface area (Å²) in [6, 6.07) is 11.6. The number of nitriles is 1. The van der Waals surface area contributed by atoms with Crippen molar-refractivity contribution in [1.82, 2.24) is 4.90 Å². The second-order valence-electron chi connectivity index (χ2n) is 5.26. The lowest BCUT2D eigenvalue weighted by Gasteiger charge is -2.12. The van der Waals surface area contributed by atoms with Crippen LogP contribution in [0.2, 0.25) is 0 Å². The molecule has 122 valence electrons. The monoisotopic (exact) mass is 387 g/mol. The molecule has 0 saturated carbocycles. The average Bonchev–Trinajstić information content (AvgIpc) is 2.54. The molecule has 0 spiro atoms. The Labute approximate surface area is 147 Å². The van der Waals surface area contributed by atoms with Crippen molar-refractivity contribution in [1.29, 1.82) is 5.26 Å². The van der Waals surface area contributed by atoms with Gasteiger partial charge in [-0.3, -0.25) is 10.1 Å². The third-order valence-electron chi connectivity index (χ3n) is 3.12. The lowest BCUT2D eigenvalue weighted by Crippen LogP contribution is -2.11. The van der Waals surface area contributed by atoms with Crippen LogP contribution in [0.25, 0.3) is 0 Å². The second kappa shape index (κ2) is 7.77. The maximum atomic E-state index is 10.8. The molecule has 0 bridgehead atoms. The Kier molecular flexibility index (Phi) is 5.73. The van der Waals surface area contributed by atoms with Crippen molar-refractivity contribution in [2.75, 3.05) is 14.1 Å². The van der Waals surface area contributed by atoms with Crippen LogP contribution >= 0.6 is 15.9 Å². The summed E-state index contributed by atoms with van der Waals surface area (Å²) in [4.78, 5) is 12.3. The summed E-state index contributed by atoms with van der Waals surface area (Å²) in [7, 11) is 3.84. The third kappa shape index (κ3) is 4.22. The normalized spacial score (nSPS) is 11.0. The minimum Gasteiger partial charge on any atom is -0.305 e. The number of hydrogen-bond acceptors (Lipinski definition) is 6. The maximum absolute atomic E-state index is 10.8. The number of non-ortho nitro benzene ring substituents is 1. The molecular formula is C16H14BrN5O2. The van der Waals surface area contributed by atoms with Gasteiger partial charge >= 0.3 is 0 Å². The SMILES string of the molecule is CN(C)Cc1ccc(N=Nc2cccc([N+](=O)[O-])c2)c(Br)c1C#N. The molecule has 0 aliphatic heterocycles. The van der Waals surface area contributed by atoms with Gasteiger partial charge in [-0.2, -0.15) is 10.4 Å². The van der Waals surface area contributed by atoms with Crippen LogP contribution < -0.4 is 0 Å². The zero-order chi connectivity index (χ0) is 17.7. The van der Waals surface area contributed by atoms with Crippen molar-refractivity contribution in [2.24, 2.45) is 10.2 Å². The quantitative estimate of drug-likeness (QED) is 0.421. The molecule has 0 aliphatic rings. The fraction of sp³-hybridized carbons (Fsp3) is 0.188. The van der Waals surface area contributed by atoms with Gasteiger partial charge in [0, 0.05) is 18.7 Å². The van der Waals surface area contributed by atoms with Crippen LogP contribution in [0.3, 0.4) is 0 Å². The molecule has 0 heterocycles. The van der Waals surface area contributed by atoms with Crippen molar-refractivity contribution < 1.29 is 4.92 Å². The minimum atomic E-state index is -0.487. The fourth-order valence-corrected chi connectivity index (χ4v) is 2.61. The van der Waals surface area contributed by atoms with E-state index in [0.29, 0.717) is 28.0 Å². The zero-order valence-corrected chi connectivity index (χ0v) is 14.7. The molecule has 0 fully saturated rings. The highest BCUT2D eigenvalue weighted by Crippen LogP contribution is 2.33. The highest BCUT2D eigenvalue weighted by atomic mass is 79.9. The minimum absolute atomic E-state index is 0.0513. The number of nitro groups is 1. The van der Waals surface area contributed by atoms with Crippen LogP contribution in [0.1, 0.15) is 11.1 Å². The van der Waals surface area contributed by atoms with Crippen molar-refractivity contribution in [3.8, 4) is 6.07 Å². The van der Waals surface area contributed by atoms with Crippen LogP contribution in [-0.2, 0) is 6.54 Å². The molecule has 0 aromatic heterocycles.